The molecule has 0 aromatic heterocycles. The van der Waals surface area contributed by atoms with Gasteiger partial charge in [-0.05, 0) is 122 Å². The number of aliphatic hydroxyl groups excluding tert-OH is 9. The minimum atomic E-state index is -1.60. The SMILES string of the molecule is CC(CCC(O)C(C)(C)O)C1C(O)CC2(C)C3CC(OC4OC(CO)C(O)C(O)C4O)C4C(C)(C)C(OC5OCC(O)C(O)C5O)CCC45CC35CCC12C. The Morgan fingerprint density at radius 1 is 0.782 bits per heavy atom. The summed E-state index contributed by atoms with van der Waals surface area (Å²) in [6, 6.07) is 0. The number of ether oxygens (including phenoxy) is 4. The van der Waals surface area contributed by atoms with Crippen molar-refractivity contribution in [2.45, 2.75) is 192 Å². The van der Waals surface area contributed by atoms with Gasteiger partial charge in [0.15, 0.2) is 12.6 Å². The maximum atomic E-state index is 12.0. The molecule has 0 aromatic carbocycles. The van der Waals surface area contributed by atoms with Gasteiger partial charge in [0.2, 0.25) is 0 Å². The largest absolute Gasteiger partial charge is 0.394 e. The van der Waals surface area contributed by atoms with E-state index in [1.165, 1.54) is 0 Å². The van der Waals surface area contributed by atoms with Gasteiger partial charge in [-0.25, -0.2) is 0 Å². The molecule has 318 valence electrons. The van der Waals surface area contributed by atoms with Crippen molar-refractivity contribution >= 4 is 0 Å². The van der Waals surface area contributed by atoms with Crippen molar-refractivity contribution in [3.8, 4) is 0 Å². The molecule has 10 N–H and O–H groups in total. The van der Waals surface area contributed by atoms with Crippen LogP contribution in [0.3, 0.4) is 0 Å². The first-order chi connectivity index (χ1) is 25.5. The molecular formula is C41H70O14. The van der Waals surface area contributed by atoms with Crippen molar-refractivity contribution in [2.24, 2.45) is 50.7 Å². The molecule has 0 bridgehead atoms. The van der Waals surface area contributed by atoms with Crippen LogP contribution < -0.4 is 0 Å². The Kier molecular flexibility index (Phi) is 11.1. The van der Waals surface area contributed by atoms with E-state index < -0.39 is 97.3 Å². The van der Waals surface area contributed by atoms with Crippen LogP contribution in [0, 0.1) is 50.7 Å². The molecule has 2 saturated heterocycles. The number of fused-ring (bicyclic) bond motifs is 2. The van der Waals surface area contributed by atoms with Crippen LogP contribution in [0.5, 0.6) is 0 Å². The van der Waals surface area contributed by atoms with Gasteiger partial charge >= 0.3 is 0 Å². The monoisotopic (exact) mass is 786 g/mol. The Balaban J connectivity index is 1.22. The molecule has 14 nitrogen and oxygen atoms in total. The fourth-order valence-electron chi connectivity index (χ4n) is 14.2. The molecule has 0 radical (unpaired) electrons. The summed E-state index contributed by atoms with van der Waals surface area (Å²) in [7, 11) is 0. The van der Waals surface area contributed by atoms with E-state index in [1.54, 1.807) is 13.8 Å². The van der Waals surface area contributed by atoms with E-state index in [9.17, 15) is 51.1 Å². The first kappa shape index (κ1) is 42.6. The Hall–Kier alpha value is -0.560. The lowest BCUT2D eigenvalue weighted by molar-refractivity contribution is -0.338. The maximum absolute atomic E-state index is 12.0. The predicted octanol–water partition coefficient (Wildman–Crippen LogP) is 0.564. The summed E-state index contributed by atoms with van der Waals surface area (Å²) >= 11 is 0. The first-order valence-corrected chi connectivity index (χ1v) is 20.9. The molecule has 2 heterocycles. The summed E-state index contributed by atoms with van der Waals surface area (Å²) < 4.78 is 25.1. The third kappa shape index (κ3) is 6.33. The van der Waals surface area contributed by atoms with Gasteiger partial charge in [-0.15, -0.1) is 0 Å². The van der Waals surface area contributed by atoms with E-state index in [-0.39, 0.29) is 51.9 Å². The molecule has 2 aliphatic heterocycles. The molecule has 7 aliphatic rings. The second kappa shape index (κ2) is 14.3. The minimum absolute atomic E-state index is 0.0301. The average Bonchev–Trinajstić information content (AvgIpc) is 3.71. The Labute approximate surface area is 325 Å². The van der Waals surface area contributed by atoms with Gasteiger partial charge in [-0.2, -0.15) is 0 Å². The number of hydrogen-bond donors (Lipinski definition) is 10. The highest BCUT2D eigenvalue weighted by Gasteiger charge is 2.84. The number of hydrogen-bond acceptors (Lipinski definition) is 14. The van der Waals surface area contributed by atoms with Crippen LogP contribution in [-0.4, -0.2) is 150 Å². The lowest BCUT2D eigenvalue weighted by Crippen LogP contribution is -2.65. The van der Waals surface area contributed by atoms with Gasteiger partial charge in [-0.3, -0.25) is 0 Å². The molecule has 0 aromatic rings. The van der Waals surface area contributed by atoms with Crippen LogP contribution in [0.2, 0.25) is 0 Å². The van der Waals surface area contributed by atoms with Gasteiger partial charge in [0, 0.05) is 0 Å². The lowest BCUT2D eigenvalue weighted by Gasteiger charge is -2.65. The van der Waals surface area contributed by atoms with Crippen LogP contribution in [0.15, 0.2) is 0 Å². The predicted molar refractivity (Wildman–Crippen MR) is 196 cm³/mol. The molecular weight excluding hydrogens is 716 g/mol. The van der Waals surface area contributed by atoms with Gasteiger partial charge in [0.05, 0.1) is 43.2 Å². The minimum Gasteiger partial charge on any atom is -0.394 e. The van der Waals surface area contributed by atoms with E-state index in [0.717, 1.165) is 25.7 Å². The fraction of sp³-hybridized carbons (Fsp3) is 1.00. The third-order valence-electron chi connectivity index (χ3n) is 17.3. The van der Waals surface area contributed by atoms with E-state index in [2.05, 4.69) is 34.6 Å². The van der Waals surface area contributed by atoms with Crippen molar-refractivity contribution in [3.63, 3.8) is 0 Å². The van der Waals surface area contributed by atoms with Crippen molar-refractivity contribution in [1.29, 1.82) is 0 Å². The Bertz CT molecular complexity index is 1390. The molecule has 2 spiro atoms. The average molecular weight is 787 g/mol. The van der Waals surface area contributed by atoms with E-state index in [1.807, 2.05) is 0 Å². The quantitative estimate of drug-likeness (QED) is 0.136. The zero-order valence-electron chi connectivity index (χ0n) is 33.7. The standard InChI is InChI=1S/C41H70O14/c1-19(8-9-25(45)37(4,5)51)27-20(43)15-39(7)24-14-22(53-35-32(50)30(48)29(47)23(16-42)54-35)33-36(2,3)26(55-34-31(49)28(46)21(44)17-52-34)10-11-41(33)18-40(24,41)13-12-38(27,39)6/h19-35,42-51H,8-18H2,1-7H3. The van der Waals surface area contributed by atoms with Crippen molar-refractivity contribution in [1.82, 2.24) is 0 Å². The van der Waals surface area contributed by atoms with Gasteiger partial charge in [0.25, 0.3) is 0 Å². The highest BCUT2D eigenvalue weighted by atomic mass is 16.7. The van der Waals surface area contributed by atoms with Crippen LogP contribution in [-0.2, 0) is 18.9 Å². The highest BCUT2D eigenvalue weighted by molar-refractivity contribution is 5.32. The third-order valence-corrected chi connectivity index (χ3v) is 17.3. The Morgan fingerprint density at radius 2 is 1.45 bits per heavy atom. The van der Waals surface area contributed by atoms with Crippen LogP contribution >= 0.6 is 0 Å². The molecule has 5 aliphatic carbocycles. The fourth-order valence-corrected chi connectivity index (χ4v) is 14.2. The van der Waals surface area contributed by atoms with Crippen LogP contribution in [0.25, 0.3) is 0 Å². The summed E-state index contributed by atoms with van der Waals surface area (Å²) in [5.74, 6) is 0.0163. The van der Waals surface area contributed by atoms with Gasteiger partial charge < -0.3 is 70.0 Å². The molecule has 7 rings (SSSR count). The van der Waals surface area contributed by atoms with Crippen LogP contribution in [0.4, 0.5) is 0 Å². The second-order valence-electron chi connectivity index (χ2n) is 20.7. The summed E-state index contributed by atoms with van der Waals surface area (Å²) in [6.45, 7) is 13.5. The number of aliphatic hydroxyl groups is 10. The van der Waals surface area contributed by atoms with Crippen LogP contribution in [0.1, 0.15) is 106 Å². The van der Waals surface area contributed by atoms with Crippen molar-refractivity contribution in [3.05, 3.63) is 0 Å². The Morgan fingerprint density at radius 3 is 2.11 bits per heavy atom. The molecule has 21 unspecified atom stereocenters. The van der Waals surface area contributed by atoms with Gasteiger partial charge in [-0.1, -0.05) is 34.6 Å². The smallest absolute Gasteiger partial charge is 0.186 e. The number of rotatable bonds is 10. The summed E-state index contributed by atoms with van der Waals surface area (Å²) in [5.41, 5.74) is -2.64. The highest BCUT2D eigenvalue weighted by Crippen LogP contribution is 2.89. The summed E-state index contributed by atoms with van der Waals surface area (Å²) in [6.07, 6.45) is -8.32. The maximum Gasteiger partial charge on any atom is 0.186 e. The molecule has 21 atom stereocenters. The molecule has 55 heavy (non-hydrogen) atoms. The van der Waals surface area contributed by atoms with Crippen molar-refractivity contribution < 1.29 is 70.0 Å². The van der Waals surface area contributed by atoms with E-state index in [0.29, 0.717) is 32.1 Å². The van der Waals surface area contributed by atoms with Crippen molar-refractivity contribution in [2.75, 3.05) is 13.2 Å². The van der Waals surface area contributed by atoms with Gasteiger partial charge in [0.1, 0.15) is 42.7 Å². The normalized spacial score (nSPS) is 54.4. The zero-order chi connectivity index (χ0) is 40.4. The molecule has 0 amide bonds. The van der Waals surface area contributed by atoms with E-state index >= 15 is 0 Å². The summed E-state index contributed by atoms with van der Waals surface area (Å²) in [5, 5.41) is 107. The zero-order valence-corrected chi connectivity index (χ0v) is 33.7. The molecule has 14 heteroatoms. The molecule has 7 fully saturated rings. The second-order valence-corrected chi connectivity index (χ2v) is 20.7. The molecule has 5 saturated carbocycles. The topological polar surface area (TPSA) is 239 Å². The van der Waals surface area contributed by atoms with E-state index in [4.69, 9.17) is 18.9 Å². The summed E-state index contributed by atoms with van der Waals surface area (Å²) in [4.78, 5) is 0. The lowest BCUT2D eigenvalue weighted by atomic mass is 9.41. The first-order valence-electron chi connectivity index (χ1n) is 20.9.